The van der Waals surface area contributed by atoms with E-state index in [2.05, 4.69) is 5.43 Å². The van der Waals surface area contributed by atoms with Gasteiger partial charge in [0.25, 0.3) is 5.91 Å². The minimum Gasteiger partial charge on any atom is -0.304 e. The summed E-state index contributed by atoms with van der Waals surface area (Å²) in [6, 6.07) is 0.827. The fourth-order valence-electron chi connectivity index (χ4n) is 2.21. The first-order chi connectivity index (χ1) is 11.0. The molecule has 1 fully saturated rings. The quantitative estimate of drug-likeness (QED) is 0.829. The van der Waals surface area contributed by atoms with Crippen LogP contribution in [-0.2, 0) is 12.4 Å². The second-order valence-corrected chi connectivity index (χ2v) is 5.53. The average Bonchev–Trinajstić information content (AvgIpc) is 2.47. The van der Waals surface area contributed by atoms with Gasteiger partial charge in [-0.3, -0.25) is 10.2 Å². The minimum absolute atomic E-state index is 0.00731. The Hall–Kier alpha value is -1.81. The highest BCUT2D eigenvalue weighted by Gasteiger charge is 2.37. The molecular formula is C14H15F6N3O. The fraction of sp³-hybridized carbons (Fsp3) is 0.500. The van der Waals surface area contributed by atoms with Crippen LogP contribution >= 0.6 is 0 Å². The third-order valence-electron chi connectivity index (χ3n) is 3.61. The van der Waals surface area contributed by atoms with Crippen LogP contribution in [0.3, 0.4) is 0 Å². The van der Waals surface area contributed by atoms with Gasteiger partial charge < -0.3 is 4.90 Å². The number of carbonyl (C=O) groups is 1. The number of nitrogens with one attached hydrogen (secondary N) is 1. The summed E-state index contributed by atoms with van der Waals surface area (Å²) in [5.74, 6) is -1.00. The summed E-state index contributed by atoms with van der Waals surface area (Å²) in [6.07, 6.45) is -9.96. The zero-order valence-corrected chi connectivity index (χ0v) is 12.6. The Morgan fingerprint density at radius 1 is 0.917 bits per heavy atom. The summed E-state index contributed by atoms with van der Waals surface area (Å²) in [7, 11) is 1.86. The van der Waals surface area contributed by atoms with Crippen LogP contribution in [0.4, 0.5) is 26.3 Å². The normalized spacial score (nSPS) is 17.8. The lowest BCUT2D eigenvalue weighted by atomic mass is 10.0. The molecule has 1 amide bonds. The summed E-state index contributed by atoms with van der Waals surface area (Å²) in [6.45, 7) is 2.09. The molecule has 4 nitrogen and oxygen atoms in total. The topological polar surface area (TPSA) is 35.6 Å². The van der Waals surface area contributed by atoms with Gasteiger partial charge in [-0.05, 0) is 25.2 Å². The van der Waals surface area contributed by atoms with Crippen LogP contribution in [0.5, 0.6) is 0 Å². The largest absolute Gasteiger partial charge is 0.416 e. The molecule has 0 unspecified atom stereocenters. The molecule has 0 aliphatic carbocycles. The lowest BCUT2D eigenvalue weighted by Crippen LogP contribution is -2.52. The third kappa shape index (κ3) is 4.60. The number of rotatable bonds is 2. The molecule has 1 aliphatic heterocycles. The van der Waals surface area contributed by atoms with Crippen LogP contribution in [0.15, 0.2) is 18.2 Å². The van der Waals surface area contributed by atoms with Gasteiger partial charge in [0.2, 0.25) is 0 Å². The van der Waals surface area contributed by atoms with Crippen molar-refractivity contribution in [3.63, 3.8) is 0 Å². The minimum atomic E-state index is -4.98. The Morgan fingerprint density at radius 2 is 1.38 bits per heavy atom. The maximum absolute atomic E-state index is 12.8. The first-order valence-electron chi connectivity index (χ1n) is 7.01. The molecule has 134 valence electrons. The van der Waals surface area contributed by atoms with Crippen molar-refractivity contribution in [2.24, 2.45) is 0 Å². The number of halogens is 6. The predicted molar refractivity (Wildman–Crippen MR) is 73.0 cm³/mol. The van der Waals surface area contributed by atoms with Gasteiger partial charge in [0.1, 0.15) is 0 Å². The third-order valence-corrected chi connectivity index (χ3v) is 3.61. The van der Waals surface area contributed by atoms with E-state index in [4.69, 9.17) is 0 Å². The van der Waals surface area contributed by atoms with Gasteiger partial charge in [-0.15, -0.1) is 0 Å². The molecule has 0 bridgehead atoms. The highest BCUT2D eigenvalue weighted by Crippen LogP contribution is 2.36. The molecule has 1 aromatic carbocycles. The van der Waals surface area contributed by atoms with Crippen LogP contribution in [0.25, 0.3) is 0 Å². The standard InChI is InChI=1S/C14H15F6N3O/c1-22-2-4-23(5-3-22)21-12(24)9-6-10(13(15,16)17)8-11(7-9)14(18,19)20/h6-8H,2-5H2,1H3,(H,21,24). The maximum atomic E-state index is 12.8. The van der Waals surface area contributed by atoms with Crippen molar-refractivity contribution in [1.29, 1.82) is 0 Å². The maximum Gasteiger partial charge on any atom is 0.416 e. The van der Waals surface area contributed by atoms with Gasteiger partial charge in [-0.2, -0.15) is 26.3 Å². The molecular weight excluding hydrogens is 340 g/mol. The summed E-state index contributed by atoms with van der Waals surface area (Å²) in [5.41, 5.74) is -1.36. The van der Waals surface area contributed by atoms with Crippen molar-refractivity contribution in [3.8, 4) is 0 Å². The summed E-state index contributed by atoms with van der Waals surface area (Å²) in [4.78, 5) is 14.0. The molecule has 1 heterocycles. The monoisotopic (exact) mass is 355 g/mol. The first kappa shape index (κ1) is 18.5. The van der Waals surface area contributed by atoms with E-state index in [1.165, 1.54) is 5.01 Å². The molecule has 0 radical (unpaired) electrons. The SMILES string of the molecule is CN1CCN(NC(=O)c2cc(C(F)(F)F)cc(C(F)(F)F)c2)CC1. The predicted octanol–water partition coefficient (Wildman–Crippen LogP) is 2.62. The van der Waals surface area contributed by atoms with E-state index in [9.17, 15) is 31.1 Å². The van der Waals surface area contributed by atoms with Crippen LogP contribution in [-0.4, -0.2) is 49.0 Å². The molecule has 0 saturated carbocycles. The van der Waals surface area contributed by atoms with Gasteiger partial charge in [0.15, 0.2) is 0 Å². The molecule has 1 aromatic rings. The van der Waals surface area contributed by atoms with E-state index >= 15 is 0 Å². The van der Waals surface area contributed by atoms with Gasteiger partial charge in [-0.1, -0.05) is 0 Å². The molecule has 10 heteroatoms. The molecule has 1 aliphatic rings. The highest BCUT2D eigenvalue weighted by atomic mass is 19.4. The van der Waals surface area contributed by atoms with E-state index in [0.717, 1.165) is 0 Å². The number of benzene rings is 1. The van der Waals surface area contributed by atoms with Crippen molar-refractivity contribution >= 4 is 5.91 Å². The van der Waals surface area contributed by atoms with E-state index in [-0.39, 0.29) is 6.07 Å². The number of amides is 1. The van der Waals surface area contributed by atoms with Crippen LogP contribution < -0.4 is 5.43 Å². The van der Waals surface area contributed by atoms with Crippen molar-refractivity contribution in [1.82, 2.24) is 15.3 Å². The highest BCUT2D eigenvalue weighted by molar-refractivity contribution is 5.94. The zero-order valence-electron chi connectivity index (χ0n) is 12.6. The van der Waals surface area contributed by atoms with E-state index < -0.39 is 35.0 Å². The molecule has 0 atom stereocenters. The van der Waals surface area contributed by atoms with E-state index in [1.54, 1.807) is 0 Å². The van der Waals surface area contributed by atoms with Crippen molar-refractivity contribution in [2.45, 2.75) is 12.4 Å². The number of hydrogen-bond acceptors (Lipinski definition) is 3. The van der Waals surface area contributed by atoms with Gasteiger partial charge in [-0.25, -0.2) is 5.01 Å². The van der Waals surface area contributed by atoms with Crippen molar-refractivity contribution in [3.05, 3.63) is 34.9 Å². The lowest BCUT2D eigenvalue weighted by Gasteiger charge is -2.32. The number of hydrogen-bond donors (Lipinski definition) is 1. The van der Waals surface area contributed by atoms with E-state index in [1.807, 2.05) is 11.9 Å². The molecule has 0 aromatic heterocycles. The van der Waals surface area contributed by atoms with E-state index in [0.29, 0.717) is 38.3 Å². The molecule has 1 N–H and O–H groups in total. The van der Waals surface area contributed by atoms with Crippen LogP contribution in [0.2, 0.25) is 0 Å². The Bertz CT molecular complexity index is 573. The van der Waals surface area contributed by atoms with Crippen LogP contribution in [0, 0.1) is 0 Å². The van der Waals surface area contributed by atoms with Gasteiger partial charge in [0.05, 0.1) is 11.1 Å². The molecule has 1 saturated heterocycles. The van der Waals surface area contributed by atoms with Crippen LogP contribution in [0.1, 0.15) is 21.5 Å². The second-order valence-electron chi connectivity index (χ2n) is 5.53. The Balaban J connectivity index is 2.26. The number of alkyl halides is 6. The van der Waals surface area contributed by atoms with Crippen molar-refractivity contribution in [2.75, 3.05) is 33.2 Å². The van der Waals surface area contributed by atoms with Gasteiger partial charge >= 0.3 is 12.4 Å². The lowest BCUT2D eigenvalue weighted by molar-refractivity contribution is -0.143. The molecule has 24 heavy (non-hydrogen) atoms. The average molecular weight is 355 g/mol. The number of likely N-dealkylation sites (N-methyl/N-ethyl adjacent to an activating group) is 1. The Morgan fingerprint density at radius 3 is 1.79 bits per heavy atom. The number of carbonyl (C=O) groups excluding carboxylic acids is 1. The summed E-state index contributed by atoms with van der Waals surface area (Å²) >= 11 is 0. The fourth-order valence-corrected chi connectivity index (χ4v) is 2.21. The smallest absolute Gasteiger partial charge is 0.304 e. The number of nitrogens with zero attached hydrogens (tertiary/aromatic N) is 2. The van der Waals surface area contributed by atoms with Gasteiger partial charge in [0, 0.05) is 31.7 Å². The summed E-state index contributed by atoms with van der Waals surface area (Å²) < 4.78 is 76.7. The van der Waals surface area contributed by atoms with Crippen molar-refractivity contribution < 1.29 is 31.1 Å². The second kappa shape index (κ2) is 6.60. The zero-order chi connectivity index (χ0) is 18.1. The molecule has 2 rings (SSSR count). The first-order valence-corrected chi connectivity index (χ1v) is 7.01. The Labute approximate surface area is 134 Å². The summed E-state index contributed by atoms with van der Waals surface area (Å²) in [5, 5.41) is 1.47. The number of piperazine rings is 1. The number of hydrazine groups is 1. The molecule has 0 spiro atoms. The Kier molecular flexibility index (Phi) is 5.09.